The lowest BCUT2D eigenvalue weighted by Gasteiger charge is -2.15. The van der Waals surface area contributed by atoms with Gasteiger partial charge in [0.1, 0.15) is 0 Å². The van der Waals surface area contributed by atoms with Crippen LogP contribution in [0.1, 0.15) is 30.9 Å². The molecule has 6 nitrogen and oxygen atoms in total. The summed E-state index contributed by atoms with van der Waals surface area (Å²) >= 11 is 1.53. The summed E-state index contributed by atoms with van der Waals surface area (Å²) in [6, 6.07) is -0.102. The summed E-state index contributed by atoms with van der Waals surface area (Å²) in [6.07, 6.45) is 4.13. The van der Waals surface area contributed by atoms with E-state index in [1.165, 1.54) is 11.8 Å². The van der Waals surface area contributed by atoms with E-state index in [-0.39, 0.29) is 23.6 Å². The van der Waals surface area contributed by atoms with Crippen molar-refractivity contribution in [3.8, 4) is 0 Å². The summed E-state index contributed by atoms with van der Waals surface area (Å²) < 4.78 is 7.14. The van der Waals surface area contributed by atoms with Gasteiger partial charge in [-0.3, -0.25) is 14.2 Å². The number of fused-ring (bicyclic) bond motifs is 1. The first kappa shape index (κ1) is 14.6. The summed E-state index contributed by atoms with van der Waals surface area (Å²) in [7, 11) is 0. The molecule has 114 valence electrons. The van der Waals surface area contributed by atoms with Crippen molar-refractivity contribution >= 4 is 17.7 Å². The number of thioether (sulfide) groups is 1. The van der Waals surface area contributed by atoms with Gasteiger partial charge in [-0.1, -0.05) is 11.8 Å². The summed E-state index contributed by atoms with van der Waals surface area (Å²) in [4.78, 5) is 28.5. The van der Waals surface area contributed by atoms with Crippen LogP contribution in [-0.2, 0) is 9.53 Å². The molecule has 3 rings (SSSR count). The molecule has 1 saturated heterocycles. The minimum atomic E-state index is -0.102. The van der Waals surface area contributed by atoms with E-state index in [0.29, 0.717) is 23.7 Å². The number of rotatable bonds is 4. The van der Waals surface area contributed by atoms with Crippen LogP contribution in [0.2, 0.25) is 0 Å². The number of amides is 1. The summed E-state index contributed by atoms with van der Waals surface area (Å²) in [5.41, 5.74) is 0.577. The molecule has 0 radical (unpaired) electrons. The molecule has 0 spiro atoms. The van der Waals surface area contributed by atoms with Gasteiger partial charge in [0.2, 0.25) is 5.91 Å². The number of aryl methyl sites for hydroxylation is 1. The zero-order valence-electron chi connectivity index (χ0n) is 12.0. The minimum Gasteiger partial charge on any atom is -0.376 e. The van der Waals surface area contributed by atoms with Crippen LogP contribution in [0, 0.1) is 6.92 Å². The maximum Gasteiger partial charge on any atom is 0.257 e. The molecular formula is C14H19N3O3S. The molecule has 7 heteroatoms. The normalized spacial score (nSPS) is 24.0. The molecule has 0 aliphatic carbocycles. The fraction of sp³-hybridized carbons (Fsp3) is 0.643. The van der Waals surface area contributed by atoms with Crippen molar-refractivity contribution in [3.05, 3.63) is 22.1 Å². The maximum absolute atomic E-state index is 12.2. The van der Waals surface area contributed by atoms with Crippen LogP contribution in [0.3, 0.4) is 0 Å². The highest BCUT2D eigenvalue weighted by Gasteiger charge is 2.28. The van der Waals surface area contributed by atoms with Crippen molar-refractivity contribution in [1.82, 2.24) is 14.9 Å². The predicted molar refractivity (Wildman–Crippen MR) is 79.6 cm³/mol. The lowest BCUT2D eigenvalue weighted by atomic mass is 10.2. The van der Waals surface area contributed by atoms with Crippen LogP contribution in [0.25, 0.3) is 0 Å². The number of aromatic nitrogens is 2. The number of hydrogen-bond acceptors (Lipinski definition) is 5. The second kappa shape index (κ2) is 6.19. The summed E-state index contributed by atoms with van der Waals surface area (Å²) in [6.45, 7) is 3.10. The van der Waals surface area contributed by atoms with E-state index < -0.39 is 0 Å². The Morgan fingerprint density at radius 1 is 1.62 bits per heavy atom. The molecule has 21 heavy (non-hydrogen) atoms. The molecule has 1 N–H and O–H groups in total. The standard InChI is InChI=1S/C14H19N3O3S/c1-9-6-16-14-17(13(9)19)10(8-21-14)5-12(18)15-7-11-3-2-4-20-11/h6,10-11H,2-5,7-8H2,1H3,(H,15,18). The molecule has 3 heterocycles. The van der Waals surface area contributed by atoms with E-state index in [1.54, 1.807) is 17.7 Å². The Balaban J connectivity index is 1.61. The summed E-state index contributed by atoms with van der Waals surface area (Å²) in [5.74, 6) is 0.691. The molecule has 2 aliphatic rings. The van der Waals surface area contributed by atoms with Gasteiger partial charge in [-0.15, -0.1) is 0 Å². The van der Waals surface area contributed by atoms with Gasteiger partial charge in [-0.25, -0.2) is 4.98 Å². The fourth-order valence-corrected chi connectivity index (χ4v) is 3.80. The van der Waals surface area contributed by atoms with E-state index >= 15 is 0 Å². The van der Waals surface area contributed by atoms with Gasteiger partial charge in [0.15, 0.2) is 5.16 Å². The number of hydrogen-bond donors (Lipinski definition) is 1. The Kier molecular flexibility index (Phi) is 4.30. The highest BCUT2D eigenvalue weighted by Crippen LogP contribution is 2.31. The number of nitrogens with one attached hydrogen (secondary N) is 1. The van der Waals surface area contributed by atoms with Gasteiger partial charge in [0, 0.05) is 37.1 Å². The highest BCUT2D eigenvalue weighted by molar-refractivity contribution is 7.99. The van der Waals surface area contributed by atoms with Gasteiger partial charge in [-0.2, -0.15) is 0 Å². The van der Waals surface area contributed by atoms with E-state index in [0.717, 1.165) is 25.2 Å². The Bertz CT molecular complexity index is 596. The van der Waals surface area contributed by atoms with E-state index in [1.807, 2.05) is 0 Å². The molecule has 1 aromatic heterocycles. The van der Waals surface area contributed by atoms with Crippen molar-refractivity contribution < 1.29 is 9.53 Å². The molecule has 0 bridgehead atoms. The van der Waals surface area contributed by atoms with Crippen LogP contribution in [0.4, 0.5) is 0 Å². The van der Waals surface area contributed by atoms with Crippen LogP contribution < -0.4 is 10.9 Å². The van der Waals surface area contributed by atoms with E-state index in [9.17, 15) is 9.59 Å². The number of nitrogens with zero attached hydrogens (tertiary/aromatic N) is 2. The largest absolute Gasteiger partial charge is 0.376 e. The molecule has 1 aromatic rings. The third-order valence-electron chi connectivity index (χ3n) is 3.87. The van der Waals surface area contributed by atoms with Gasteiger partial charge >= 0.3 is 0 Å². The quantitative estimate of drug-likeness (QED) is 0.836. The van der Waals surface area contributed by atoms with E-state index in [2.05, 4.69) is 10.3 Å². The zero-order chi connectivity index (χ0) is 14.8. The lowest BCUT2D eigenvalue weighted by Crippen LogP contribution is -2.35. The molecule has 1 amide bonds. The predicted octanol–water partition coefficient (Wildman–Crippen LogP) is 0.884. The third kappa shape index (κ3) is 3.13. The smallest absolute Gasteiger partial charge is 0.257 e. The monoisotopic (exact) mass is 309 g/mol. The Hall–Kier alpha value is -1.34. The average Bonchev–Trinajstić information content (AvgIpc) is 3.11. The van der Waals surface area contributed by atoms with Crippen LogP contribution in [-0.4, -0.2) is 40.5 Å². The molecule has 2 unspecified atom stereocenters. The molecule has 0 aromatic carbocycles. The number of carbonyl (C=O) groups excluding carboxylic acids is 1. The van der Waals surface area contributed by atoms with Gasteiger partial charge in [0.25, 0.3) is 5.56 Å². The lowest BCUT2D eigenvalue weighted by molar-refractivity contribution is -0.122. The van der Waals surface area contributed by atoms with E-state index in [4.69, 9.17) is 4.74 Å². The van der Waals surface area contributed by atoms with Crippen LogP contribution in [0.15, 0.2) is 16.1 Å². The van der Waals surface area contributed by atoms with Crippen LogP contribution >= 0.6 is 11.8 Å². The zero-order valence-corrected chi connectivity index (χ0v) is 12.8. The van der Waals surface area contributed by atoms with Gasteiger partial charge in [0.05, 0.1) is 12.1 Å². The number of ether oxygens (including phenoxy) is 1. The minimum absolute atomic E-state index is 0.0302. The fourth-order valence-electron chi connectivity index (χ4n) is 2.69. The Morgan fingerprint density at radius 2 is 2.48 bits per heavy atom. The van der Waals surface area contributed by atoms with Gasteiger partial charge in [-0.05, 0) is 19.8 Å². The Labute approximate surface area is 127 Å². The first-order valence-corrected chi connectivity index (χ1v) is 8.23. The Morgan fingerprint density at radius 3 is 3.24 bits per heavy atom. The first-order valence-electron chi connectivity index (χ1n) is 7.24. The topological polar surface area (TPSA) is 73.2 Å². The van der Waals surface area contributed by atoms with Gasteiger partial charge < -0.3 is 10.1 Å². The molecule has 1 fully saturated rings. The van der Waals surface area contributed by atoms with Crippen LogP contribution in [0.5, 0.6) is 0 Å². The second-order valence-electron chi connectivity index (χ2n) is 5.51. The molecular weight excluding hydrogens is 290 g/mol. The summed E-state index contributed by atoms with van der Waals surface area (Å²) in [5, 5.41) is 3.62. The molecule has 2 aliphatic heterocycles. The molecule has 0 saturated carbocycles. The van der Waals surface area contributed by atoms with Crippen molar-refractivity contribution in [2.45, 2.75) is 43.5 Å². The maximum atomic E-state index is 12.2. The van der Waals surface area contributed by atoms with Crippen molar-refractivity contribution in [3.63, 3.8) is 0 Å². The SMILES string of the molecule is Cc1cnc2n(c1=O)C(CC(=O)NCC1CCCO1)CS2. The second-order valence-corrected chi connectivity index (χ2v) is 6.49. The number of carbonyl (C=O) groups is 1. The third-order valence-corrected chi connectivity index (χ3v) is 4.98. The van der Waals surface area contributed by atoms with Crippen molar-refractivity contribution in [2.75, 3.05) is 18.9 Å². The highest BCUT2D eigenvalue weighted by atomic mass is 32.2. The average molecular weight is 309 g/mol. The van der Waals surface area contributed by atoms with Crippen molar-refractivity contribution in [1.29, 1.82) is 0 Å². The first-order chi connectivity index (χ1) is 10.1. The molecule has 2 atom stereocenters. The van der Waals surface area contributed by atoms with Crippen molar-refractivity contribution in [2.24, 2.45) is 0 Å².